The van der Waals surface area contributed by atoms with Crippen LogP contribution in [0.4, 0.5) is 5.69 Å². The fourth-order valence-electron chi connectivity index (χ4n) is 6.88. The van der Waals surface area contributed by atoms with Crippen LogP contribution >= 0.6 is 15.9 Å². The van der Waals surface area contributed by atoms with Crippen LogP contribution in [0.3, 0.4) is 0 Å². The van der Waals surface area contributed by atoms with Crippen LogP contribution < -0.4 is 5.32 Å². The average Bonchev–Trinajstić information content (AvgIpc) is 4.07. The minimum atomic E-state index is -4.54. The maximum absolute atomic E-state index is 12.0. The summed E-state index contributed by atoms with van der Waals surface area (Å²) in [5.41, 5.74) is 15.6. The summed E-state index contributed by atoms with van der Waals surface area (Å²) in [5, 5.41) is 2.85. The molecule has 0 atom stereocenters. The van der Waals surface area contributed by atoms with Gasteiger partial charge in [0, 0.05) is 5.69 Å². The van der Waals surface area contributed by atoms with Crippen molar-refractivity contribution in [2.75, 3.05) is 10.6 Å². The molecule has 7 rings (SSSR count). The van der Waals surface area contributed by atoms with Crippen molar-refractivity contribution < 1.29 is 61.6 Å². The zero-order valence-corrected chi connectivity index (χ0v) is 40.5. The number of carbonyl (C=O) groups is 1. The van der Waals surface area contributed by atoms with Crippen molar-refractivity contribution in [1.29, 1.82) is 0 Å². The number of hydrogen-bond donors (Lipinski definition) is 5. The van der Waals surface area contributed by atoms with Crippen molar-refractivity contribution in [2.45, 2.75) is 14.7 Å². The fourth-order valence-corrected chi connectivity index (χ4v) is 9.37. The van der Waals surface area contributed by atoms with E-state index in [1.54, 1.807) is 72.8 Å². The molecule has 1 amide bonds. The molecule has 5 aromatic rings. The number of rotatable bonds is 14. The Labute approximate surface area is 391 Å². The molecular weight excluding hydrogens is 1010 g/mol. The zero-order chi connectivity index (χ0) is 46.8. The number of nitrogens with zero attached hydrogens (tertiary/aromatic N) is 2. The zero-order valence-electron chi connectivity index (χ0n) is 33.5. The number of benzene rings is 4. The molecule has 2 aliphatic rings. The normalized spacial score (nSPS) is 15.8. The van der Waals surface area contributed by atoms with Crippen LogP contribution in [0.15, 0.2) is 181 Å². The van der Waals surface area contributed by atoms with Crippen molar-refractivity contribution in [3.05, 3.63) is 203 Å². The predicted octanol–water partition coefficient (Wildman–Crippen LogP) is 7.85. The molecule has 0 saturated carbocycles. The molecule has 6 N–H and O–H groups in total. The number of hydrogen-bond acceptors (Lipinski definition) is 9. The summed E-state index contributed by atoms with van der Waals surface area (Å²) in [6.45, 7) is 5.87. The number of nitrogens with one attached hydrogen (secondary N) is 3. The van der Waals surface area contributed by atoms with E-state index in [0.717, 1.165) is 10.2 Å². The molecule has 0 radical (unpaired) electrons. The van der Waals surface area contributed by atoms with E-state index in [4.69, 9.17) is 22.3 Å². The van der Waals surface area contributed by atoms with Gasteiger partial charge in [0.2, 0.25) is 5.91 Å². The molecule has 20 heteroatoms. The molecule has 4 aromatic carbocycles. The Kier molecular flexibility index (Phi) is 13.6. The first-order chi connectivity index (χ1) is 30.7. The minimum Gasteiger partial charge on any atom is -0.325 e. The van der Waals surface area contributed by atoms with Crippen LogP contribution in [0.25, 0.3) is 22.5 Å². The molecule has 0 aliphatic carbocycles. The molecule has 15 nitrogen and oxygen atoms in total. The Morgan fingerprint density at radius 1 is 0.631 bits per heavy atom. The Morgan fingerprint density at radius 3 is 1.45 bits per heavy atom. The van der Waals surface area contributed by atoms with Gasteiger partial charge < -0.3 is 11.1 Å². The number of amides is 1. The second-order valence-corrected chi connectivity index (χ2v) is 20.5. The molecule has 0 spiro atoms. The number of halogens is 1. The molecule has 3 heterocycles. The van der Waals surface area contributed by atoms with Crippen molar-refractivity contribution in [3.63, 3.8) is 0 Å². The van der Waals surface area contributed by atoms with E-state index in [2.05, 4.69) is 26.2 Å². The molecule has 0 bridgehead atoms. The van der Waals surface area contributed by atoms with E-state index in [0.29, 0.717) is 96.7 Å². The molecule has 0 saturated heterocycles. The van der Waals surface area contributed by atoms with Crippen LogP contribution in [0.5, 0.6) is 0 Å². The monoisotopic (exact) mass is 1040 g/mol. The number of aromatic nitrogens is 1. The fraction of sp³-hybridized carbons (Fsp3) is 0.0222. The third-order valence-electron chi connectivity index (χ3n) is 9.98. The summed E-state index contributed by atoms with van der Waals surface area (Å²) < 4.78 is 101. The molecular formula is C45H32BrN5O10S3Zn-2. The SMILES string of the molecule is [CH-]=C/C([NH-])=C(C1=N/C(=C(/c2ccc(S(=O)(=O)O)cc2)c2ccc(/C(=C3/C=CC([C](=[Zn])c4ccc(S(=O)(=O)O)cc4)=N3)c3ccc(S(=O)(=O)O)cc3)[nH]2)C=C1)\c1ccc(NC(=O)CBr)cc1. The molecule has 0 fully saturated rings. The number of H-pyrrole nitrogens is 1. The van der Waals surface area contributed by atoms with Gasteiger partial charge in [0.05, 0.1) is 10.2 Å². The van der Waals surface area contributed by atoms with Crippen LogP contribution in [0.2, 0.25) is 0 Å². The van der Waals surface area contributed by atoms with E-state index < -0.39 is 30.4 Å². The van der Waals surface area contributed by atoms with Gasteiger partial charge in [-0.05, 0) is 17.7 Å². The Bertz CT molecular complexity index is 3370. The van der Waals surface area contributed by atoms with Gasteiger partial charge in [-0.3, -0.25) is 27.7 Å². The Balaban J connectivity index is 1.37. The first-order valence-corrected chi connectivity index (χ1v) is 25.8. The van der Waals surface area contributed by atoms with Gasteiger partial charge in [-0.2, -0.15) is 8.42 Å². The van der Waals surface area contributed by atoms with E-state index in [1.165, 1.54) is 60.7 Å². The molecule has 65 heavy (non-hydrogen) atoms. The van der Waals surface area contributed by atoms with Crippen LogP contribution in [-0.4, -0.2) is 70.7 Å². The van der Waals surface area contributed by atoms with Gasteiger partial charge in [0.1, 0.15) is 0 Å². The van der Waals surface area contributed by atoms with Gasteiger partial charge in [-0.1, -0.05) is 33.6 Å². The van der Waals surface area contributed by atoms with Crippen LogP contribution in [0.1, 0.15) is 33.6 Å². The average molecular weight is 1040 g/mol. The Morgan fingerprint density at radius 2 is 1.03 bits per heavy atom. The van der Waals surface area contributed by atoms with E-state index in [1.807, 2.05) is 0 Å². The number of anilines is 1. The number of carbonyl (C=O) groups excluding carboxylic acids is 1. The van der Waals surface area contributed by atoms with Crippen LogP contribution in [-0.2, 0) is 53.0 Å². The minimum absolute atomic E-state index is 0.0427. The van der Waals surface area contributed by atoms with Gasteiger partial charge in [-0.15, -0.1) is 0 Å². The molecule has 1 aromatic heterocycles. The first kappa shape index (κ1) is 46.9. The summed E-state index contributed by atoms with van der Waals surface area (Å²) in [6.07, 6.45) is 8.08. The van der Waals surface area contributed by atoms with Crippen LogP contribution in [0, 0.1) is 6.58 Å². The smallest absolute Gasteiger partial charge is 0.325 e. The second-order valence-electron chi connectivity index (χ2n) is 14.2. The van der Waals surface area contributed by atoms with Gasteiger partial charge in [-0.25, -0.2) is 0 Å². The van der Waals surface area contributed by atoms with E-state index >= 15 is 0 Å². The molecule has 326 valence electrons. The topological polar surface area (TPSA) is 257 Å². The standard InChI is InChI=1S/C45H33BrN5O10S3.Zn/c1-2-36(47)43(28-5-11-31(12-6-28)49-42(52)26-46)37-21-22-40(50-37)45(30-9-18-35(19-10-30)64(59,60)61)41-24-23-39(51-41)44(29-7-16-34(17-8-29)63(56,57)58)38-20-13-32(48-38)25-27-3-14-33(15-4-27)62(53,54)55;/h1-24H,26H2,(H7,47,48,49,50,51,52,53,54,55,56,57,58,59,60,61);/q-1;/p-1. The van der Waals surface area contributed by atoms with Crippen molar-refractivity contribution in [3.8, 4) is 0 Å². The summed E-state index contributed by atoms with van der Waals surface area (Å²) in [5.74, 6) is -0.248. The third kappa shape index (κ3) is 10.6. The summed E-state index contributed by atoms with van der Waals surface area (Å²) in [4.78, 5) is 24.3. The molecule has 0 unspecified atom stereocenters. The maximum atomic E-state index is 12.0. The number of aromatic amines is 1. The number of alkyl halides is 1. The van der Waals surface area contributed by atoms with Crippen molar-refractivity contribution >= 4 is 90.1 Å². The first-order valence-electron chi connectivity index (χ1n) is 18.9. The number of aliphatic imine (C=N–C) groups is 2. The van der Waals surface area contributed by atoms with E-state index in [9.17, 15) is 43.7 Å². The second kappa shape index (κ2) is 18.8. The van der Waals surface area contributed by atoms with Gasteiger partial charge >= 0.3 is 264 Å². The summed E-state index contributed by atoms with van der Waals surface area (Å²) >= 11 is 3.73. The van der Waals surface area contributed by atoms with Gasteiger partial charge in [0.25, 0.3) is 10.1 Å². The van der Waals surface area contributed by atoms with E-state index in [-0.39, 0.29) is 31.6 Å². The Hall–Kier alpha value is -6.09. The van der Waals surface area contributed by atoms with Crippen molar-refractivity contribution in [2.24, 2.45) is 9.98 Å². The van der Waals surface area contributed by atoms with Gasteiger partial charge in [0.15, 0.2) is 0 Å². The van der Waals surface area contributed by atoms with Crippen molar-refractivity contribution in [1.82, 2.24) is 4.98 Å². The summed E-state index contributed by atoms with van der Waals surface area (Å²) in [6, 6.07) is 27.0. The third-order valence-corrected chi connectivity index (χ3v) is 14.7. The quantitative estimate of drug-likeness (QED) is 0.0237. The predicted molar refractivity (Wildman–Crippen MR) is 248 cm³/mol. The summed E-state index contributed by atoms with van der Waals surface area (Å²) in [7, 11) is -13.5. The molecule has 2 aliphatic heterocycles. The number of allylic oxidation sites excluding steroid dienone is 6.